The van der Waals surface area contributed by atoms with Crippen LogP contribution in [0, 0.1) is 0 Å². The first-order valence-corrected chi connectivity index (χ1v) is 10.5. The van der Waals surface area contributed by atoms with Crippen LogP contribution < -0.4 is 15.8 Å². The number of allylic oxidation sites excluding steroid dienone is 1. The average molecular weight is 442 g/mol. The molecule has 172 valence electrons. The van der Waals surface area contributed by atoms with E-state index in [2.05, 4.69) is 24.0 Å². The lowest BCUT2D eigenvalue weighted by Gasteiger charge is -2.24. The summed E-state index contributed by atoms with van der Waals surface area (Å²) in [4.78, 5) is 12.3. The van der Waals surface area contributed by atoms with Gasteiger partial charge in [-0.05, 0) is 42.3 Å². The third-order valence-corrected chi connectivity index (χ3v) is 5.08. The van der Waals surface area contributed by atoms with Gasteiger partial charge < -0.3 is 31.2 Å². The van der Waals surface area contributed by atoms with E-state index in [4.69, 9.17) is 15.7 Å². The van der Waals surface area contributed by atoms with E-state index in [-0.39, 0.29) is 25.0 Å². The summed E-state index contributed by atoms with van der Waals surface area (Å²) >= 11 is 0. The summed E-state index contributed by atoms with van der Waals surface area (Å²) < 4.78 is 5.85. The summed E-state index contributed by atoms with van der Waals surface area (Å²) in [6.45, 7) is 7.73. The van der Waals surface area contributed by atoms with Crippen molar-refractivity contribution >= 4 is 17.5 Å². The SMILES string of the molecule is C=CC(C)c1cc(CCC)cc(C(Nc2ccc(C(N)=NO)cc2)C(=O)O)c1OCCO. The molecule has 2 aromatic carbocycles. The molecule has 0 aliphatic rings. The van der Waals surface area contributed by atoms with Crippen molar-refractivity contribution < 1.29 is 25.0 Å². The highest BCUT2D eigenvalue weighted by atomic mass is 16.5. The van der Waals surface area contributed by atoms with E-state index < -0.39 is 12.0 Å². The maximum absolute atomic E-state index is 12.3. The number of carbonyl (C=O) groups is 1. The first-order valence-electron chi connectivity index (χ1n) is 10.5. The fraction of sp³-hybridized carbons (Fsp3) is 0.333. The number of carboxylic acids is 1. The minimum atomic E-state index is -1.11. The fourth-order valence-electron chi connectivity index (χ4n) is 3.40. The van der Waals surface area contributed by atoms with Crippen LogP contribution in [0.25, 0.3) is 0 Å². The highest BCUT2D eigenvalue weighted by molar-refractivity contribution is 5.97. The molecule has 0 amide bonds. The van der Waals surface area contributed by atoms with Crippen LogP contribution in [0.15, 0.2) is 54.2 Å². The number of aliphatic hydroxyl groups excluding tert-OH is 1. The molecule has 0 bridgehead atoms. The number of nitrogens with two attached hydrogens (primary N) is 1. The maximum atomic E-state index is 12.3. The number of anilines is 1. The molecule has 8 heteroatoms. The van der Waals surface area contributed by atoms with Gasteiger partial charge in [-0.1, -0.05) is 37.6 Å². The van der Waals surface area contributed by atoms with E-state index >= 15 is 0 Å². The molecule has 0 saturated carbocycles. The topological polar surface area (TPSA) is 137 Å². The Kier molecular flexibility index (Phi) is 9.09. The van der Waals surface area contributed by atoms with E-state index in [0.717, 1.165) is 24.0 Å². The van der Waals surface area contributed by atoms with Crippen molar-refractivity contribution in [3.05, 3.63) is 71.3 Å². The Labute approximate surface area is 188 Å². The van der Waals surface area contributed by atoms with Gasteiger partial charge in [0.1, 0.15) is 12.4 Å². The van der Waals surface area contributed by atoms with Crippen LogP contribution >= 0.6 is 0 Å². The number of benzene rings is 2. The average Bonchev–Trinajstić information content (AvgIpc) is 2.80. The van der Waals surface area contributed by atoms with Gasteiger partial charge in [0.05, 0.1) is 6.61 Å². The molecule has 0 aromatic heterocycles. The van der Waals surface area contributed by atoms with Crippen LogP contribution in [0.4, 0.5) is 5.69 Å². The second-order valence-electron chi connectivity index (χ2n) is 7.43. The van der Waals surface area contributed by atoms with Gasteiger partial charge in [-0.25, -0.2) is 4.79 Å². The van der Waals surface area contributed by atoms with Gasteiger partial charge in [0.15, 0.2) is 11.9 Å². The van der Waals surface area contributed by atoms with Crippen LogP contribution in [0.3, 0.4) is 0 Å². The zero-order chi connectivity index (χ0) is 23.7. The van der Waals surface area contributed by atoms with E-state index in [0.29, 0.717) is 22.6 Å². The number of hydrogen-bond donors (Lipinski definition) is 5. The molecule has 8 nitrogen and oxygen atoms in total. The number of hydrogen-bond acceptors (Lipinski definition) is 6. The molecule has 0 aliphatic carbocycles. The Bertz CT molecular complexity index is 957. The normalized spacial score (nSPS) is 13.3. The predicted octanol–water partition coefficient (Wildman–Crippen LogP) is 3.63. The van der Waals surface area contributed by atoms with Gasteiger partial charge in [-0.2, -0.15) is 0 Å². The molecule has 0 radical (unpaired) electrons. The van der Waals surface area contributed by atoms with Gasteiger partial charge in [0.2, 0.25) is 0 Å². The second kappa shape index (κ2) is 11.8. The number of amidine groups is 1. The van der Waals surface area contributed by atoms with Crippen molar-refractivity contribution in [2.24, 2.45) is 10.9 Å². The zero-order valence-electron chi connectivity index (χ0n) is 18.4. The van der Waals surface area contributed by atoms with Gasteiger partial charge in [0.25, 0.3) is 0 Å². The molecule has 0 heterocycles. The van der Waals surface area contributed by atoms with Crippen LogP contribution in [-0.4, -0.2) is 40.4 Å². The van der Waals surface area contributed by atoms with Gasteiger partial charge >= 0.3 is 5.97 Å². The third kappa shape index (κ3) is 6.01. The summed E-state index contributed by atoms with van der Waals surface area (Å²) in [5.74, 6) is -0.764. The summed E-state index contributed by atoms with van der Waals surface area (Å²) in [6.07, 6.45) is 3.46. The third-order valence-electron chi connectivity index (χ3n) is 5.08. The molecule has 0 aliphatic heterocycles. The van der Waals surface area contributed by atoms with E-state index in [1.54, 1.807) is 30.3 Å². The number of aliphatic carboxylic acids is 1. The van der Waals surface area contributed by atoms with Crippen molar-refractivity contribution in [1.82, 2.24) is 0 Å². The lowest BCUT2D eigenvalue weighted by Crippen LogP contribution is -2.23. The van der Waals surface area contributed by atoms with Crippen molar-refractivity contribution in [1.29, 1.82) is 0 Å². The second-order valence-corrected chi connectivity index (χ2v) is 7.43. The summed E-state index contributed by atoms with van der Waals surface area (Å²) in [6, 6.07) is 9.30. The molecule has 2 aromatic rings. The number of rotatable bonds is 12. The number of aryl methyl sites for hydroxylation is 1. The molecule has 0 saturated heterocycles. The van der Waals surface area contributed by atoms with Crippen molar-refractivity contribution in [2.75, 3.05) is 18.5 Å². The monoisotopic (exact) mass is 441 g/mol. The minimum Gasteiger partial charge on any atom is -0.491 e. The number of ether oxygens (including phenoxy) is 1. The maximum Gasteiger partial charge on any atom is 0.330 e. The van der Waals surface area contributed by atoms with E-state index in [1.165, 1.54) is 0 Å². The lowest BCUT2D eigenvalue weighted by molar-refractivity contribution is -0.138. The van der Waals surface area contributed by atoms with Gasteiger partial charge in [0, 0.05) is 28.3 Å². The Morgan fingerprint density at radius 3 is 2.47 bits per heavy atom. The highest BCUT2D eigenvalue weighted by Crippen LogP contribution is 2.37. The Balaban J connectivity index is 2.57. The zero-order valence-corrected chi connectivity index (χ0v) is 18.4. The summed E-state index contributed by atoms with van der Waals surface area (Å²) in [5.41, 5.74) is 8.93. The van der Waals surface area contributed by atoms with Crippen LogP contribution in [-0.2, 0) is 11.2 Å². The highest BCUT2D eigenvalue weighted by Gasteiger charge is 2.27. The molecule has 0 spiro atoms. The van der Waals surface area contributed by atoms with Crippen LogP contribution in [0.1, 0.15) is 54.5 Å². The van der Waals surface area contributed by atoms with E-state index in [9.17, 15) is 15.0 Å². The number of oxime groups is 1. The largest absolute Gasteiger partial charge is 0.491 e. The number of nitrogens with zero attached hydrogens (tertiary/aromatic N) is 1. The molecule has 2 atom stereocenters. The van der Waals surface area contributed by atoms with Crippen LogP contribution in [0.5, 0.6) is 5.75 Å². The molecule has 6 N–H and O–H groups in total. The fourth-order valence-corrected chi connectivity index (χ4v) is 3.40. The van der Waals surface area contributed by atoms with Crippen LogP contribution in [0.2, 0.25) is 0 Å². The first-order chi connectivity index (χ1) is 15.4. The molecule has 32 heavy (non-hydrogen) atoms. The quantitative estimate of drug-likeness (QED) is 0.111. The van der Waals surface area contributed by atoms with Gasteiger partial charge in [-0.3, -0.25) is 0 Å². The summed E-state index contributed by atoms with van der Waals surface area (Å²) in [5, 5.41) is 34.2. The number of nitrogens with one attached hydrogen (secondary N) is 1. The van der Waals surface area contributed by atoms with Crippen molar-refractivity contribution in [3.63, 3.8) is 0 Å². The van der Waals surface area contributed by atoms with Gasteiger partial charge in [-0.15, -0.1) is 6.58 Å². The minimum absolute atomic E-state index is 0.0395. The van der Waals surface area contributed by atoms with Crippen molar-refractivity contribution in [2.45, 2.75) is 38.6 Å². The molecule has 2 unspecified atom stereocenters. The smallest absolute Gasteiger partial charge is 0.330 e. The molecule has 2 rings (SSSR count). The Morgan fingerprint density at radius 2 is 1.94 bits per heavy atom. The predicted molar refractivity (Wildman–Crippen MR) is 125 cm³/mol. The number of aliphatic hydroxyl groups is 1. The standard InChI is InChI=1S/C24H31N3O5/c1-4-6-16-13-19(15(3)5-2)22(32-12-11-28)20(14-16)21(24(29)30)26-18-9-7-17(8-10-18)23(25)27-31/h5,7-10,13-15,21,26,28,31H,2,4,6,11-12H2,1,3H3,(H2,25,27)(H,29,30). The Hall–Kier alpha value is -3.52. The lowest BCUT2D eigenvalue weighted by atomic mass is 9.90. The summed E-state index contributed by atoms with van der Waals surface area (Å²) in [7, 11) is 0. The first kappa shape index (κ1) is 24.7. The van der Waals surface area contributed by atoms with Crippen molar-refractivity contribution in [3.8, 4) is 5.75 Å². The molecular weight excluding hydrogens is 410 g/mol. The molecular formula is C24H31N3O5. The number of carboxylic acid groups (broad SMARTS) is 1. The van der Waals surface area contributed by atoms with E-state index in [1.807, 2.05) is 19.1 Å². The molecule has 0 fully saturated rings. The Morgan fingerprint density at radius 1 is 1.28 bits per heavy atom.